The van der Waals surface area contributed by atoms with Crippen LogP contribution in [-0.2, 0) is 11.3 Å². The summed E-state index contributed by atoms with van der Waals surface area (Å²) in [4.78, 5) is 24.6. The van der Waals surface area contributed by atoms with Crippen molar-refractivity contribution in [1.29, 1.82) is 0 Å². The largest absolute Gasteiger partial charge is 0.573 e. The molecule has 0 amide bonds. The normalized spacial score (nSPS) is 11.4. The fourth-order valence-corrected chi connectivity index (χ4v) is 2.72. The molecule has 0 atom stereocenters. The van der Waals surface area contributed by atoms with Crippen LogP contribution in [0.3, 0.4) is 0 Å². The van der Waals surface area contributed by atoms with E-state index < -0.39 is 17.9 Å². The van der Waals surface area contributed by atoms with E-state index >= 15 is 0 Å². The minimum absolute atomic E-state index is 0.0660. The average molecular weight is 377 g/mol. The van der Waals surface area contributed by atoms with E-state index in [0.717, 1.165) is 0 Å². The van der Waals surface area contributed by atoms with Crippen molar-refractivity contribution >= 4 is 16.9 Å². The van der Waals surface area contributed by atoms with Gasteiger partial charge in [-0.3, -0.25) is 4.79 Å². The molecule has 3 rings (SSSR count). The summed E-state index contributed by atoms with van der Waals surface area (Å²) in [5.41, 5.74) is 0.494. The van der Waals surface area contributed by atoms with Crippen molar-refractivity contribution < 1.29 is 27.4 Å². The molecule has 1 heterocycles. The van der Waals surface area contributed by atoms with Gasteiger partial charge in [0.05, 0.1) is 19.2 Å². The molecule has 0 saturated carbocycles. The Balaban J connectivity index is 2.02. The van der Waals surface area contributed by atoms with Crippen molar-refractivity contribution in [1.82, 2.24) is 4.57 Å². The summed E-state index contributed by atoms with van der Waals surface area (Å²) in [5, 5.41) is 0.662. The molecule has 8 heteroatoms. The van der Waals surface area contributed by atoms with E-state index in [9.17, 15) is 22.8 Å². The van der Waals surface area contributed by atoms with Gasteiger partial charge >= 0.3 is 12.3 Å². The molecule has 0 spiro atoms. The highest BCUT2D eigenvalue weighted by Gasteiger charge is 2.31. The monoisotopic (exact) mass is 377 g/mol. The topological polar surface area (TPSA) is 57.5 Å². The first-order valence-corrected chi connectivity index (χ1v) is 7.84. The lowest BCUT2D eigenvalue weighted by Gasteiger charge is -2.13. The van der Waals surface area contributed by atoms with Crippen LogP contribution >= 0.6 is 0 Å². The molecule has 27 heavy (non-hydrogen) atoms. The van der Waals surface area contributed by atoms with E-state index in [1.54, 1.807) is 24.3 Å². The van der Waals surface area contributed by atoms with Crippen LogP contribution in [0, 0.1) is 0 Å². The second-order valence-electron chi connectivity index (χ2n) is 5.69. The summed E-state index contributed by atoms with van der Waals surface area (Å²) < 4.78 is 46.6. The van der Waals surface area contributed by atoms with E-state index in [0.29, 0.717) is 16.5 Å². The first-order chi connectivity index (χ1) is 12.8. The Kier molecular flexibility index (Phi) is 4.89. The molecular weight excluding hydrogens is 363 g/mol. The molecule has 0 aliphatic heterocycles. The second-order valence-corrected chi connectivity index (χ2v) is 5.69. The number of halogens is 3. The molecule has 2 aromatic carbocycles. The van der Waals surface area contributed by atoms with Crippen LogP contribution in [0.1, 0.15) is 15.9 Å². The Hall–Kier alpha value is -3.29. The number of carbonyl (C=O) groups excluding carboxylic acids is 1. The van der Waals surface area contributed by atoms with E-state index in [4.69, 9.17) is 0 Å². The number of alkyl halides is 3. The van der Waals surface area contributed by atoms with Gasteiger partial charge in [-0.2, -0.15) is 0 Å². The van der Waals surface area contributed by atoms with E-state index in [1.165, 1.54) is 42.0 Å². The van der Waals surface area contributed by atoms with Crippen LogP contribution in [0.25, 0.3) is 10.9 Å². The number of rotatable bonds is 4. The lowest BCUT2D eigenvalue weighted by molar-refractivity contribution is -0.274. The molecule has 0 N–H and O–H groups in total. The van der Waals surface area contributed by atoms with Gasteiger partial charge in [-0.05, 0) is 35.2 Å². The van der Waals surface area contributed by atoms with Crippen LogP contribution < -0.4 is 10.3 Å². The number of hydrogen-bond acceptors (Lipinski definition) is 4. The van der Waals surface area contributed by atoms with Crippen molar-refractivity contribution in [2.75, 3.05) is 7.11 Å². The minimum atomic E-state index is -4.77. The maximum Gasteiger partial charge on any atom is 0.573 e. The van der Waals surface area contributed by atoms with Crippen molar-refractivity contribution in [3.63, 3.8) is 0 Å². The van der Waals surface area contributed by atoms with Crippen LogP contribution in [0.2, 0.25) is 0 Å². The molecule has 3 aromatic rings. The van der Waals surface area contributed by atoms with Crippen molar-refractivity contribution in [2.45, 2.75) is 12.9 Å². The average Bonchev–Trinajstić information content (AvgIpc) is 2.63. The number of para-hydroxylation sites is 1. The minimum Gasteiger partial charge on any atom is -0.465 e. The van der Waals surface area contributed by atoms with Crippen molar-refractivity contribution in [3.8, 4) is 5.75 Å². The van der Waals surface area contributed by atoms with Gasteiger partial charge in [0.25, 0.3) is 5.56 Å². The number of benzene rings is 2. The smallest absolute Gasteiger partial charge is 0.465 e. The van der Waals surface area contributed by atoms with Crippen LogP contribution in [0.15, 0.2) is 59.4 Å². The van der Waals surface area contributed by atoms with E-state index in [1.807, 2.05) is 0 Å². The number of aromatic nitrogens is 1. The lowest BCUT2D eigenvalue weighted by atomic mass is 10.1. The molecule has 0 aliphatic carbocycles. The number of nitrogens with zero attached hydrogens (tertiary/aromatic N) is 1. The molecule has 140 valence electrons. The van der Waals surface area contributed by atoms with Crippen LogP contribution in [-0.4, -0.2) is 24.0 Å². The van der Waals surface area contributed by atoms with Crippen molar-refractivity contribution in [2.24, 2.45) is 0 Å². The summed E-state index contributed by atoms with van der Waals surface area (Å²) in [5.74, 6) is -1.11. The summed E-state index contributed by atoms with van der Waals surface area (Å²) in [7, 11) is 1.18. The van der Waals surface area contributed by atoms with E-state index in [2.05, 4.69) is 9.47 Å². The Bertz CT molecular complexity index is 1040. The third-order valence-electron chi connectivity index (χ3n) is 3.91. The van der Waals surface area contributed by atoms with Gasteiger partial charge in [-0.1, -0.05) is 30.3 Å². The molecule has 0 unspecified atom stereocenters. The Morgan fingerprint density at radius 3 is 2.37 bits per heavy atom. The molecule has 0 fully saturated rings. The number of hydrogen-bond donors (Lipinski definition) is 0. The van der Waals surface area contributed by atoms with Gasteiger partial charge in [-0.15, -0.1) is 13.2 Å². The number of carbonyl (C=O) groups is 1. The zero-order chi connectivity index (χ0) is 19.6. The quantitative estimate of drug-likeness (QED) is 0.650. The van der Waals surface area contributed by atoms with Gasteiger partial charge in [0.1, 0.15) is 11.3 Å². The van der Waals surface area contributed by atoms with Gasteiger partial charge < -0.3 is 14.0 Å². The maximum absolute atomic E-state index is 12.7. The molecule has 0 radical (unpaired) electrons. The first kappa shape index (κ1) is 18.5. The summed E-state index contributed by atoms with van der Waals surface area (Å²) in [6, 6.07) is 13.6. The van der Waals surface area contributed by atoms with Gasteiger partial charge in [0.2, 0.25) is 0 Å². The highest BCUT2D eigenvalue weighted by Crippen LogP contribution is 2.23. The third-order valence-corrected chi connectivity index (χ3v) is 3.91. The Labute approximate surface area is 151 Å². The van der Waals surface area contributed by atoms with Crippen molar-refractivity contribution in [3.05, 3.63) is 76.1 Å². The van der Waals surface area contributed by atoms with Gasteiger partial charge in [0, 0.05) is 0 Å². The number of ether oxygens (including phenoxy) is 2. The Morgan fingerprint density at radius 1 is 1.07 bits per heavy atom. The highest BCUT2D eigenvalue weighted by molar-refractivity contribution is 5.93. The first-order valence-electron chi connectivity index (χ1n) is 7.84. The molecule has 5 nitrogen and oxygen atoms in total. The summed E-state index contributed by atoms with van der Waals surface area (Å²) >= 11 is 0. The molecule has 0 bridgehead atoms. The summed E-state index contributed by atoms with van der Waals surface area (Å²) in [6.07, 6.45) is -4.77. The maximum atomic E-state index is 12.7. The molecular formula is C19H14F3NO4. The van der Waals surface area contributed by atoms with Crippen LogP contribution in [0.4, 0.5) is 13.2 Å². The standard InChI is InChI=1S/C19H14F3NO4/c1-26-18(25)15-10-13-4-2-3-5-16(13)23(17(15)24)11-12-6-8-14(9-7-12)27-19(20,21)22/h2-10H,11H2,1H3. The SMILES string of the molecule is COC(=O)c1cc2ccccc2n(Cc2ccc(OC(F)(F)F)cc2)c1=O. The Morgan fingerprint density at radius 2 is 1.74 bits per heavy atom. The number of pyridine rings is 1. The molecule has 1 aromatic heterocycles. The van der Waals surface area contributed by atoms with Gasteiger partial charge in [0.15, 0.2) is 0 Å². The molecule has 0 aliphatic rings. The number of esters is 1. The molecule has 0 saturated heterocycles. The fourth-order valence-electron chi connectivity index (χ4n) is 2.72. The highest BCUT2D eigenvalue weighted by atomic mass is 19.4. The second kappa shape index (κ2) is 7.14. The number of fused-ring (bicyclic) bond motifs is 1. The van der Waals surface area contributed by atoms with Gasteiger partial charge in [-0.25, -0.2) is 4.79 Å². The predicted octanol–water partition coefficient (Wildman–Crippen LogP) is 3.74. The fraction of sp³-hybridized carbons (Fsp3) is 0.158. The lowest BCUT2D eigenvalue weighted by Crippen LogP contribution is -2.27. The zero-order valence-electron chi connectivity index (χ0n) is 14.1. The van der Waals surface area contributed by atoms with Crippen LogP contribution in [0.5, 0.6) is 5.75 Å². The number of methoxy groups -OCH3 is 1. The summed E-state index contributed by atoms with van der Waals surface area (Å²) in [6.45, 7) is 0.0660. The van der Waals surface area contributed by atoms with E-state index in [-0.39, 0.29) is 17.9 Å². The zero-order valence-corrected chi connectivity index (χ0v) is 14.1. The predicted molar refractivity (Wildman–Crippen MR) is 91.8 cm³/mol. The third kappa shape index (κ3) is 4.11.